The Balaban J connectivity index is 2.51. The number of hydrazine groups is 1. The van der Waals surface area contributed by atoms with Crippen molar-refractivity contribution in [2.45, 2.75) is 19.4 Å². The fraction of sp³-hybridized carbons (Fsp3) is 0.571. The molecule has 1 aliphatic heterocycles. The van der Waals surface area contributed by atoms with E-state index in [-0.39, 0.29) is 18.1 Å². The van der Waals surface area contributed by atoms with Crippen LogP contribution in [0.1, 0.15) is 13.3 Å². The van der Waals surface area contributed by atoms with Crippen molar-refractivity contribution in [3.63, 3.8) is 0 Å². The molecule has 0 radical (unpaired) electrons. The van der Waals surface area contributed by atoms with Crippen LogP contribution in [0.15, 0.2) is 0 Å². The van der Waals surface area contributed by atoms with Gasteiger partial charge in [-0.25, -0.2) is 10.9 Å². The van der Waals surface area contributed by atoms with E-state index in [4.69, 9.17) is 18.1 Å². The van der Waals surface area contributed by atoms with Gasteiger partial charge in [0.15, 0.2) is 5.11 Å². The van der Waals surface area contributed by atoms with Crippen molar-refractivity contribution >= 4 is 29.2 Å². The summed E-state index contributed by atoms with van der Waals surface area (Å²) >= 11 is 4.73. The van der Waals surface area contributed by atoms with Crippen molar-refractivity contribution in [2.75, 3.05) is 6.61 Å². The van der Waals surface area contributed by atoms with Crippen LogP contribution in [0.2, 0.25) is 0 Å². The minimum Gasteiger partial charge on any atom is -0.466 e. The van der Waals surface area contributed by atoms with E-state index in [1.54, 1.807) is 6.92 Å². The van der Waals surface area contributed by atoms with Crippen molar-refractivity contribution in [1.29, 1.82) is 0 Å². The number of carbonyl (C=O) groups is 2. The molecular formula is C7H11N3O3S. The zero-order chi connectivity index (χ0) is 10.7. The summed E-state index contributed by atoms with van der Waals surface area (Å²) in [5, 5.41) is 3.57. The molecule has 0 aromatic heterocycles. The van der Waals surface area contributed by atoms with Gasteiger partial charge in [0.1, 0.15) is 6.04 Å². The number of ether oxygens (including phenoxy) is 1. The third kappa shape index (κ3) is 2.18. The molecule has 0 aromatic carbocycles. The van der Waals surface area contributed by atoms with Gasteiger partial charge in [0.25, 0.3) is 5.91 Å². The van der Waals surface area contributed by atoms with Crippen LogP contribution in [-0.4, -0.2) is 34.6 Å². The van der Waals surface area contributed by atoms with Gasteiger partial charge in [-0.15, -0.1) is 0 Å². The first kappa shape index (κ1) is 10.9. The highest BCUT2D eigenvalue weighted by Crippen LogP contribution is 2.06. The third-order valence-corrected chi connectivity index (χ3v) is 2.04. The first-order chi connectivity index (χ1) is 6.56. The smallest absolute Gasteiger partial charge is 0.308 e. The van der Waals surface area contributed by atoms with Crippen LogP contribution in [0.3, 0.4) is 0 Å². The molecule has 0 saturated carbocycles. The number of esters is 1. The molecule has 1 fully saturated rings. The Hall–Kier alpha value is -1.21. The van der Waals surface area contributed by atoms with E-state index >= 15 is 0 Å². The molecule has 1 unspecified atom stereocenters. The summed E-state index contributed by atoms with van der Waals surface area (Å²) in [6, 6.07) is -0.688. The van der Waals surface area contributed by atoms with Gasteiger partial charge in [-0.05, 0) is 19.1 Å². The Morgan fingerprint density at radius 2 is 2.43 bits per heavy atom. The normalized spacial score (nSPS) is 21.0. The molecule has 6 nitrogen and oxygen atoms in total. The molecule has 1 amide bonds. The predicted molar refractivity (Wildman–Crippen MR) is 51.8 cm³/mol. The lowest BCUT2D eigenvalue weighted by Crippen LogP contribution is -2.37. The van der Waals surface area contributed by atoms with Gasteiger partial charge in [0.2, 0.25) is 0 Å². The second kappa shape index (κ2) is 4.34. The molecule has 1 saturated heterocycles. The number of amides is 1. The Kier molecular flexibility index (Phi) is 3.37. The van der Waals surface area contributed by atoms with E-state index in [9.17, 15) is 9.59 Å². The fourth-order valence-corrected chi connectivity index (χ4v) is 1.31. The SMILES string of the molecule is CCOC(=O)CC1NC(=S)N(N)C1=O. The maximum Gasteiger partial charge on any atom is 0.308 e. The number of rotatable bonds is 3. The molecule has 0 aliphatic carbocycles. The summed E-state index contributed by atoms with van der Waals surface area (Å²) < 4.78 is 4.69. The molecule has 3 N–H and O–H groups in total. The largest absolute Gasteiger partial charge is 0.466 e. The highest BCUT2D eigenvalue weighted by molar-refractivity contribution is 7.80. The third-order valence-electron chi connectivity index (χ3n) is 1.73. The standard InChI is InChI=1S/C7H11N3O3S/c1-2-13-5(11)3-4-6(12)10(8)7(14)9-4/h4H,2-3,8H2,1H3,(H,9,14). The fourth-order valence-electron chi connectivity index (χ4n) is 1.07. The number of hydrogen-bond acceptors (Lipinski definition) is 5. The lowest BCUT2D eigenvalue weighted by atomic mass is 10.2. The van der Waals surface area contributed by atoms with Gasteiger partial charge in [0, 0.05) is 0 Å². The van der Waals surface area contributed by atoms with E-state index in [0.717, 1.165) is 5.01 Å². The molecule has 1 rings (SSSR count). The van der Waals surface area contributed by atoms with Crippen LogP contribution in [-0.2, 0) is 14.3 Å². The Labute approximate surface area is 86.3 Å². The molecule has 0 aromatic rings. The van der Waals surface area contributed by atoms with Gasteiger partial charge in [-0.3, -0.25) is 9.59 Å². The summed E-state index contributed by atoms with van der Waals surface area (Å²) in [4.78, 5) is 22.3. The molecule has 14 heavy (non-hydrogen) atoms. The van der Waals surface area contributed by atoms with Crippen LogP contribution >= 0.6 is 12.2 Å². The summed E-state index contributed by atoms with van der Waals surface area (Å²) in [7, 11) is 0. The molecule has 7 heteroatoms. The highest BCUT2D eigenvalue weighted by atomic mass is 32.1. The number of thiocarbonyl (C=S) groups is 1. The zero-order valence-electron chi connectivity index (χ0n) is 7.65. The number of hydrogen-bond donors (Lipinski definition) is 2. The average Bonchev–Trinajstić information content (AvgIpc) is 2.34. The monoisotopic (exact) mass is 217 g/mol. The molecule has 1 heterocycles. The molecule has 1 aliphatic rings. The summed E-state index contributed by atoms with van der Waals surface area (Å²) in [5.41, 5.74) is 0. The van der Waals surface area contributed by atoms with Crippen LogP contribution in [0.25, 0.3) is 0 Å². The van der Waals surface area contributed by atoms with E-state index < -0.39 is 17.9 Å². The molecule has 1 atom stereocenters. The number of nitrogens with one attached hydrogen (secondary N) is 1. The zero-order valence-corrected chi connectivity index (χ0v) is 8.47. The van der Waals surface area contributed by atoms with Crippen LogP contribution in [0.4, 0.5) is 0 Å². The molecule has 78 valence electrons. The first-order valence-corrected chi connectivity index (χ1v) is 4.52. The topological polar surface area (TPSA) is 84.7 Å². The van der Waals surface area contributed by atoms with E-state index in [0.29, 0.717) is 0 Å². The predicted octanol–water partition coefficient (Wildman–Crippen LogP) is -1.10. The van der Waals surface area contributed by atoms with Crippen molar-refractivity contribution in [2.24, 2.45) is 5.84 Å². The van der Waals surface area contributed by atoms with Gasteiger partial charge >= 0.3 is 5.97 Å². The quantitative estimate of drug-likeness (QED) is 0.270. The van der Waals surface area contributed by atoms with Gasteiger partial charge in [0.05, 0.1) is 13.0 Å². The van der Waals surface area contributed by atoms with Crippen molar-refractivity contribution in [3.05, 3.63) is 0 Å². The molecule has 0 bridgehead atoms. The Morgan fingerprint density at radius 1 is 1.79 bits per heavy atom. The van der Waals surface area contributed by atoms with E-state index in [2.05, 4.69) is 10.1 Å². The van der Waals surface area contributed by atoms with Crippen molar-refractivity contribution in [1.82, 2.24) is 10.3 Å². The Morgan fingerprint density at radius 3 is 2.86 bits per heavy atom. The number of carbonyl (C=O) groups excluding carboxylic acids is 2. The first-order valence-electron chi connectivity index (χ1n) is 4.11. The number of nitrogens with two attached hydrogens (primary N) is 1. The molecule has 0 spiro atoms. The van der Waals surface area contributed by atoms with Gasteiger partial charge in [-0.1, -0.05) is 0 Å². The van der Waals surface area contributed by atoms with Gasteiger partial charge in [-0.2, -0.15) is 0 Å². The van der Waals surface area contributed by atoms with Crippen LogP contribution in [0.5, 0.6) is 0 Å². The second-order valence-electron chi connectivity index (χ2n) is 2.72. The van der Waals surface area contributed by atoms with Crippen LogP contribution in [0, 0.1) is 0 Å². The van der Waals surface area contributed by atoms with Gasteiger partial charge < -0.3 is 10.1 Å². The lowest BCUT2D eigenvalue weighted by molar-refractivity contribution is -0.145. The van der Waals surface area contributed by atoms with E-state index in [1.807, 2.05) is 0 Å². The molecular weight excluding hydrogens is 206 g/mol. The Bertz CT molecular complexity index is 281. The minimum atomic E-state index is -0.688. The summed E-state index contributed by atoms with van der Waals surface area (Å²) in [5.74, 6) is 4.43. The lowest BCUT2D eigenvalue weighted by Gasteiger charge is -2.06. The summed E-state index contributed by atoms with van der Waals surface area (Å²) in [6.45, 7) is 1.98. The highest BCUT2D eigenvalue weighted by Gasteiger charge is 2.35. The maximum atomic E-state index is 11.3. The summed E-state index contributed by atoms with van der Waals surface area (Å²) in [6.07, 6.45) is -0.0550. The van der Waals surface area contributed by atoms with E-state index in [1.165, 1.54) is 0 Å². The van der Waals surface area contributed by atoms with Crippen molar-refractivity contribution in [3.8, 4) is 0 Å². The number of nitrogens with zero attached hydrogens (tertiary/aromatic N) is 1. The average molecular weight is 217 g/mol. The van der Waals surface area contributed by atoms with Crippen molar-refractivity contribution < 1.29 is 14.3 Å². The van der Waals surface area contributed by atoms with Crippen LogP contribution < -0.4 is 11.2 Å². The second-order valence-corrected chi connectivity index (χ2v) is 3.11. The minimum absolute atomic E-state index is 0.0550. The maximum absolute atomic E-state index is 11.3.